The van der Waals surface area contributed by atoms with E-state index in [1.54, 1.807) is 6.07 Å². The van der Waals surface area contributed by atoms with Crippen LogP contribution >= 0.6 is 0 Å². The van der Waals surface area contributed by atoms with Crippen LogP contribution in [0.5, 0.6) is 0 Å². The molecule has 3 saturated heterocycles. The largest absolute Gasteiger partial charge is 0.356 e. The Morgan fingerprint density at radius 3 is 2.85 bits per heavy atom. The lowest BCUT2D eigenvalue weighted by Gasteiger charge is -2.22. The second kappa shape index (κ2) is 10.3. The first-order chi connectivity index (χ1) is 19.4. The van der Waals surface area contributed by atoms with Crippen LogP contribution < -0.4 is 5.32 Å². The number of halogens is 1. The summed E-state index contributed by atoms with van der Waals surface area (Å²) in [6.07, 6.45) is 12.9. The lowest BCUT2D eigenvalue weighted by atomic mass is 9.97. The van der Waals surface area contributed by atoms with Gasteiger partial charge < -0.3 is 19.7 Å². The molecule has 210 valence electrons. The van der Waals surface area contributed by atoms with Crippen LogP contribution in [0.4, 0.5) is 4.39 Å². The van der Waals surface area contributed by atoms with Gasteiger partial charge >= 0.3 is 0 Å². The van der Waals surface area contributed by atoms with Crippen LogP contribution in [-0.4, -0.2) is 69.9 Å². The van der Waals surface area contributed by atoms with Gasteiger partial charge in [-0.3, -0.25) is 14.6 Å². The Hall–Kier alpha value is -3.26. The summed E-state index contributed by atoms with van der Waals surface area (Å²) in [5.74, 6) is 1.48. The Kier molecular flexibility index (Phi) is 6.61. The van der Waals surface area contributed by atoms with Crippen molar-refractivity contribution in [1.82, 2.24) is 24.7 Å². The topological polar surface area (TPSA) is 70.5 Å². The van der Waals surface area contributed by atoms with E-state index < -0.39 is 0 Å². The highest BCUT2D eigenvalue weighted by molar-refractivity contribution is 5.99. The summed E-state index contributed by atoms with van der Waals surface area (Å²) in [5.41, 5.74) is 4.50. The first-order valence-corrected chi connectivity index (χ1v) is 15.0. The molecule has 3 aliphatic heterocycles. The van der Waals surface area contributed by atoms with Gasteiger partial charge in [0.25, 0.3) is 5.91 Å². The van der Waals surface area contributed by atoms with Crippen molar-refractivity contribution < 1.29 is 14.0 Å². The van der Waals surface area contributed by atoms with Crippen LogP contribution in [0.2, 0.25) is 0 Å². The quantitative estimate of drug-likeness (QED) is 0.498. The fraction of sp³-hybridized carbons (Fsp3) is 0.531. The monoisotopic (exact) mass is 543 g/mol. The second-order valence-electron chi connectivity index (χ2n) is 12.5. The molecule has 0 bridgehead atoms. The summed E-state index contributed by atoms with van der Waals surface area (Å²) in [4.78, 5) is 34.4. The molecule has 5 heterocycles. The molecule has 0 spiro atoms. The van der Waals surface area contributed by atoms with Crippen LogP contribution in [-0.2, 0) is 11.2 Å². The molecule has 8 heteroatoms. The van der Waals surface area contributed by atoms with Crippen LogP contribution in [0.25, 0.3) is 16.6 Å². The van der Waals surface area contributed by atoms with Crippen molar-refractivity contribution in [3.05, 3.63) is 59.3 Å². The predicted molar refractivity (Wildman–Crippen MR) is 152 cm³/mol. The number of piperidine rings is 1. The van der Waals surface area contributed by atoms with Gasteiger partial charge in [0.15, 0.2) is 0 Å². The number of likely N-dealkylation sites (tertiary alicyclic amines) is 2. The molecule has 4 fully saturated rings. The Bertz CT molecular complexity index is 1470. The third-order valence-electron chi connectivity index (χ3n) is 9.77. The Balaban J connectivity index is 1.15. The van der Waals surface area contributed by atoms with E-state index in [1.165, 1.54) is 23.1 Å². The highest BCUT2D eigenvalue weighted by atomic mass is 19.1. The Labute approximate surface area is 234 Å². The van der Waals surface area contributed by atoms with Crippen molar-refractivity contribution in [3.8, 4) is 5.69 Å². The van der Waals surface area contributed by atoms with E-state index in [4.69, 9.17) is 0 Å². The van der Waals surface area contributed by atoms with Gasteiger partial charge in [0.05, 0.1) is 23.0 Å². The average Bonchev–Trinajstić information content (AvgIpc) is 3.25. The first-order valence-electron chi connectivity index (χ1n) is 15.0. The van der Waals surface area contributed by atoms with Gasteiger partial charge in [0.1, 0.15) is 5.82 Å². The van der Waals surface area contributed by atoms with Gasteiger partial charge in [0, 0.05) is 56.4 Å². The van der Waals surface area contributed by atoms with E-state index >= 15 is 0 Å². The molecule has 2 aromatic heterocycles. The molecule has 1 aromatic carbocycles. The predicted octanol–water partition coefficient (Wildman–Crippen LogP) is 4.49. The molecule has 2 unspecified atom stereocenters. The lowest BCUT2D eigenvalue weighted by Crippen LogP contribution is -2.31. The van der Waals surface area contributed by atoms with E-state index in [0.717, 1.165) is 88.0 Å². The van der Waals surface area contributed by atoms with E-state index in [2.05, 4.69) is 32.9 Å². The zero-order valence-electron chi connectivity index (χ0n) is 23.2. The number of aromatic nitrogens is 2. The number of fused-ring (bicyclic) bond motifs is 2. The maximum absolute atomic E-state index is 14.5. The molecule has 4 aliphatic rings. The van der Waals surface area contributed by atoms with Gasteiger partial charge in [0.2, 0.25) is 5.91 Å². The summed E-state index contributed by atoms with van der Waals surface area (Å²) in [6, 6.07) is 4.94. The minimum atomic E-state index is -0.385. The standard InChI is InChI=1S/C32H38FN5O2/c1-20-15-34-16-29-31(20)24(12-22-7-10-36(18-22)17-21-2-5-30(39)35-9-6-21)19-38(29)27-4-3-25(33)14-26(27)32(40)37-11-8-23-13-28(23)37/h3-4,14-16,19,21-23,28H,2,5-13,17-18H2,1H3,(H,35,39)/t21-,22+,23?,28?/m1/s1. The first kappa shape index (κ1) is 25.7. The molecule has 7 nitrogen and oxygen atoms in total. The van der Waals surface area contributed by atoms with Crippen molar-refractivity contribution in [2.75, 3.05) is 32.7 Å². The summed E-state index contributed by atoms with van der Waals surface area (Å²) in [6.45, 7) is 6.87. The number of carbonyl (C=O) groups is 2. The number of nitrogens with zero attached hydrogens (tertiary/aromatic N) is 4. The zero-order valence-corrected chi connectivity index (χ0v) is 23.2. The van der Waals surface area contributed by atoms with Crippen LogP contribution in [0.15, 0.2) is 36.8 Å². The van der Waals surface area contributed by atoms with E-state index in [0.29, 0.717) is 35.8 Å². The number of hydrogen-bond acceptors (Lipinski definition) is 4. The van der Waals surface area contributed by atoms with Crippen LogP contribution in [0, 0.1) is 30.5 Å². The minimum Gasteiger partial charge on any atom is -0.356 e. The number of aryl methyl sites for hydroxylation is 1. The van der Waals surface area contributed by atoms with Gasteiger partial charge in [-0.2, -0.15) is 0 Å². The maximum atomic E-state index is 14.5. The minimum absolute atomic E-state index is 0.0645. The third-order valence-corrected chi connectivity index (χ3v) is 9.77. The van der Waals surface area contributed by atoms with Crippen molar-refractivity contribution in [2.45, 2.75) is 57.9 Å². The molecular formula is C32H38FN5O2. The molecule has 1 N–H and O–H groups in total. The van der Waals surface area contributed by atoms with E-state index in [1.807, 2.05) is 17.3 Å². The zero-order chi connectivity index (χ0) is 27.4. The molecule has 3 aromatic rings. The van der Waals surface area contributed by atoms with Crippen LogP contribution in [0.1, 0.15) is 60.0 Å². The summed E-state index contributed by atoms with van der Waals surface area (Å²) in [7, 11) is 0. The van der Waals surface area contributed by atoms with E-state index in [9.17, 15) is 14.0 Å². The molecule has 0 radical (unpaired) electrons. The molecule has 4 atom stereocenters. The van der Waals surface area contributed by atoms with Gasteiger partial charge in [-0.05, 0) is 99.1 Å². The van der Waals surface area contributed by atoms with Gasteiger partial charge in [-0.25, -0.2) is 4.39 Å². The normalized spacial score (nSPS) is 26.6. The Morgan fingerprint density at radius 1 is 1.12 bits per heavy atom. The number of carbonyl (C=O) groups excluding carboxylic acids is 2. The molecular weight excluding hydrogens is 505 g/mol. The number of pyridine rings is 1. The summed E-state index contributed by atoms with van der Waals surface area (Å²) >= 11 is 0. The van der Waals surface area contributed by atoms with Crippen LogP contribution in [0.3, 0.4) is 0 Å². The highest BCUT2D eigenvalue weighted by Gasteiger charge is 2.49. The number of amides is 2. The van der Waals surface area contributed by atoms with Crippen molar-refractivity contribution in [2.24, 2.45) is 17.8 Å². The summed E-state index contributed by atoms with van der Waals surface area (Å²) < 4.78 is 16.6. The number of benzene rings is 1. The maximum Gasteiger partial charge on any atom is 0.256 e. The number of nitrogens with one attached hydrogen (secondary N) is 1. The Morgan fingerprint density at radius 2 is 2.02 bits per heavy atom. The van der Waals surface area contributed by atoms with Crippen molar-refractivity contribution in [1.29, 1.82) is 0 Å². The molecule has 2 amide bonds. The molecule has 1 saturated carbocycles. The van der Waals surface area contributed by atoms with Crippen molar-refractivity contribution in [3.63, 3.8) is 0 Å². The lowest BCUT2D eigenvalue weighted by molar-refractivity contribution is -0.120. The third kappa shape index (κ3) is 4.80. The fourth-order valence-electron chi connectivity index (χ4n) is 7.57. The number of rotatable bonds is 6. The van der Waals surface area contributed by atoms with E-state index in [-0.39, 0.29) is 17.6 Å². The van der Waals surface area contributed by atoms with Crippen molar-refractivity contribution >= 4 is 22.7 Å². The second-order valence-corrected chi connectivity index (χ2v) is 12.5. The molecule has 1 aliphatic carbocycles. The summed E-state index contributed by atoms with van der Waals surface area (Å²) in [5, 5.41) is 4.19. The SMILES string of the molecule is Cc1cncc2c1c(C[C@@H]1CCN(C[C@H]3CCNC(=O)CC3)C1)cn2-c1ccc(F)cc1C(=O)N1CCC2CC21. The highest BCUT2D eigenvalue weighted by Crippen LogP contribution is 2.45. The van der Waals surface area contributed by atoms with Gasteiger partial charge in [-0.15, -0.1) is 0 Å². The number of hydrogen-bond donors (Lipinski definition) is 1. The molecule has 7 rings (SSSR count). The molecule has 40 heavy (non-hydrogen) atoms. The fourth-order valence-corrected chi connectivity index (χ4v) is 7.57. The average molecular weight is 544 g/mol. The van der Waals surface area contributed by atoms with Gasteiger partial charge in [-0.1, -0.05) is 0 Å². The smallest absolute Gasteiger partial charge is 0.256 e.